The maximum absolute atomic E-state index is 11.1. The Morgan fingerprint density at radius 2 is 2.06 bits per heavy atom. The molecule has 0 saturated heterocycles. The highest BCUT2D eigenvalue weighted by Gasteiger charge is 2.04. The number of nitrogens with zero attached hydrogens (tertiary/aromatic N) is 1. The second kappa shape index (κ2) is 6.44. The molecule has 0 unspecified atom stereocenters. The molecule has 0 saturated carbocycles. The van der Waals surface area contributed by atoms with Crippen LogP contribution in [0, 0.1) is 13.8 Å². The number of carbonyl (C=O) groups excluding carboxylic acids is 1. The van der Waals surface area contributed by atoms with Crippen molar-refractivity contribution in [3.63, 3.8) is 0 Å². The van der Waals surface area contributed by atoms with Crippen molar-refractivity contribution in [1.82, 2.24) is 15.6 Å². The molecular formula is C10H17N3O2S. The summed E-state index contributed by atoms with van der Waals surface area (Å²) in [5.41, 5.74) is 1.06. The molecular weight excluding hydrogens is 226 g/mol. The molecule has 1 rings (SSSR count). The van der Waals surface area contributed by atoms with E-state index in [-0.39, 0.29) is 19.2 Å². The van der Waals surface area contributed by atoms with E-state index in [2.05, 4.69) is 15.6 Å². The maximum atomic E-state index is 11.1. The molecule has 0 fully saturated rings. The van der Waals surface area contributed by atoms with Crippen molar-refractivity contribution >= 4 is 17.4 Å². The third kappa shape index (κ3) is 4.16. The Kier molecular flexibility index (Phi) is 5.21. The number of aryl methyl sites for hydroxylation is 2. The molecule has 16 heavy (non-hydrogen) atoms. The number of hydrogen-bond acceptors (Lipinski definition) is 4. The van der Waals surface area contributed by atoms with Gasteiger partial charge in [0, 0.05) is 24.4 Å². The zero-order chi connectivity index (χ0) is 12.0. The van der Waals surface area contributed by atoms with Gasteiger partial charge in [0.15, 0.2) is 0 Å². The number of urea groups is 1. The molecule has 1 aromatic rings. The number of thiazole rings is 1. The Bertz CT molecular complexity index is 332. The van der Waals surface area contributed by atoms with Gasteiger partial charge in [-0.25, -0.2) is 9.78 Å². The first-order valence-corrected chi connectivity index (χ1v) is 6.00. The highest BCUT2D eigenvalue weighted by atomic mass is 32.1. The van der Waals surface area contributed by atoms with Gasteiger partial charge in [0.25, 0.3) is 0 Å². The number of amides is 2. The lowest BCUT2D eigenvalue weighted by Crippen LogP contribution is -2.37. The SMILES string of the molecule is Cc1nc(CCNC(=O)NCCO)sc1C. The number of rotatable bonds is 5. The first-order chi connectivity index (χ1) is 7.63. The van der Waals surface area contributed by atoms with E-state index in [1.165, 1.54) is 4.88 Å². The third-order valence-corrected chi connectivity index (χ3v) is 3.23. The quantitative estimate of drug-likeness (QED) is 0.708. The summed E-state index contributed by atoms with van der Waals surface area (Å²) in [4.78, 5) is 16.7. The van der Waals surface area contributed by atoms with Gasteiger partial charge in [-0.2, -0.15) is 0 Å². The fourth-order valence-electron chi connectivity index (χ4n) is 1.16. The Hall–Kier alpha value is -1.14. The molecule has 0 atom stereocenters. The topological polar surface area (TPSA) is 74.2 Å². The van der Waals surface area contributed by atoms with E-state index in [9.17, 15) is 4.79 Å². The zero-order valence-corrected chi connectivity index (χ0v) is 10.4. The van der Waals surface area contributed by atoms with Crippen LogP contribution >= 0.6 is 11.3 Å². The highest BCUT2D eigenvalue weighted by molar-refractivity contribution is 7.11. The van der Waals surface area contributed by atoms with Crippen LogP contribution < -0.4 is 10.6 Å². The van der Waals surface area contributed by atoms with Crippen LogP contribution in [0.15, 0.2) is 0 Å². The average molecular weight is 243 g/mol. The van der Waals surface area contributed by atoms with Crippen molar-refractivity contribution in [2.24, 2.45) is 0 Å². The zero-order valence-electron chi connectivity index (χ0n) is 9.54. The number of aliphatic hydroxyl groups is 1. The number of aromatic nitrogens is 1. The molecule has 0 aliphatic heterocycles. The summed E-state index contributed by atoms with van der Waals surface area (Å²) in [6.07, 6.45) is 0.742. The average Bonchev–Trinajstić information content (AvgIpc) is 2.55. The molecule has 0 aliphatic carbocycles. The maximum Gasteiger partial charge on any atom is 0.314 e. The van der Waals surface area contributed by atoms with Gasteiger partial charge in [-0.15, -0.1) is 11.3 Å². The Balaban J connectivity index is 2.22. The van der Waals surface area contributed by atoms with Gasteiger partial charge < -0.3 is 15.7 Å². The molecule has 1 aromatic heterocycles. The van der Waals surface area contributed by atoms with E-state index in [0.717, 1.165) is 17.1 Å². The van der Waals surface area contributed by atoms with Crippen molar-refractivity contribution in [2.45, 2.75) is 20.3 Å². The summed E-state index contributed by atoms with van der Waals surface area (Å²) < 4.78 is 0. The summed E-state index contributed by atoms with van der Waals surface area (Å²) in [7, 11) is 0. The van der Waals surface area contributed by atoms with Crippen molar-refractivity contribution < 1.29 is 9.90 Å². The monoisotopic (exact) mass is 243 g/mol. The number of aliphatic hydroxyl groups excluding tert-OH is 1. The molecule has 90 valence electrons. The molecule has 0 aromatic carbocycles. The van der Waals surface area contributed by atoms with Gasteiger partial charge in [0.05, 0.1) is 17.3 Å². The van der Waals surface area contributed by atoms with E-state index in [0.29, 0.717) is 6.54 Å². The third-order valence-electron chi connectivity index (χ3n) is 2.09. The molecule has 2 amide bonds. The summed E-state index contributed by atoms with van der Waals surface area (Å²) in [5.74, 6) is 0. The summed E-state index contributed by atoms with van der Waals surface area (Å²) in [5, 5.41) is 14.8. The van der Waals surface area contributed by atoms with Gasteiger partial charge in [-0.3, -0.25) is 0 Å². The van der Waals surface area contributed by atoms with Crippen LogP contribution in [0.4, 0.5) is 4.79 Å². The Morgan fingerprint density at radius 1 is 1.38 bits per heavy atom. The van der Waals surface area contributed by atoms with Crippen molar-refractivity contribution in [3.8, 4) is 0 Å². The lowest BCUT2D eigenvalue weighted by Gasteiger charge is -2.04. The van der Waals surface area contributed by atoms with Crippen LogP contribution in [0.25, 0.3) is 0 Å². The van der Waals surface area contributed by atoms with Crippen LogP contribution in [0.3, 0.4) is 0 Å². The number of nitrogens with one attached hydrogen (secondary N) is 2. The lowest BCUT2D eigenvalue weighted by atomic mass is 10.4. The lowest BCUT2D eigenvalue weighted by molar-refractivity contribution is 0.234. The second-order valence-corrected chi connectivity index (χ2v) is 4.69. The minimum Gasteiger partial charge on any atom is -0.395 e. The van der Waals surface area contributed by atoms with E-state index in [4.69, 9.17) is 5.11 Å². The number of hydrogen-bond donors (Lipinski definition) is 3. The highest BCUT2D eigenvalue weighted by Crippen LogP contribution is 2.16. The van der Waals surface area contributed by atoms with Gasteiger partial charge in [0.2, 0.25) is 0 Å². The fourth-order valence-corrected chi connectivity index (χ4v) is 2.09. The summed E-state index contributed by atoms with van der Waals surface area (Å²) in [6, 6.07) is -0.251. The minimum absolute atomic E-state index is 0.0434. The summed E-state index contributed by atoms with van der Waals surface area (Å²) in [6.45, 7) is 4.82. The molecule has 6 heteroatoms. The predicted octanol–water partition coefficient (Wildman–Crippen LogP) is 0.594. The van der Waals surface area contributed by atoms with E-state index < -0.39 is 0 Å². The van der Waals surface area contributed by atoms with Gasteiger partial charge >= 0.3 is 6.03 Å². The van der Waals surface area contributed by atoms with Crippen LogP contribution in [-0.4, -0.2) is 35.8 Å². The molecule has 5 nitrogen and oxygen atoms in total. The van der Waals surface area contributed by atoms with E-state index in [1.807, 2.05) is 13.8 Å². The largest absolute Gasteiger partial charge is 0.395 e. The first kappa shape index (κ1) is 12.9. The van der Waals surface area contributed by atoms with Crippen LogP contribution in [-0.2, 0) is 6.42 Å². The molecule has 0 bridgehead atoms. The second-order valence-electron chi connectivity index (χ2n) is 3.41. The number of carbonyl (C=O) groups is 1. The summed E-state index contributed by atoms with van der Waals surface area (Å²) >= 11 is 1.66. The van der Waals surface area contributed by atoms with Gasteiger partial charge in [0.1, 0.15) is 0 Å². The molecule has 3 N–H and O–H groups in total. The normalized spacial score (nSPS) is 10.2. The molecule has 0 spiro atoms. The molecule has 0 radical (unpaired) electrons. The standard InChI is InChI=1S/C10H17N3O2S/c1-7-8(2)16-9(13-7)3-4-11-10(15)12-5-6-14/h14H,3-6H2,1-2H3,(H2,11,12,15). The smallest absolute Gasteiger partial charge is 0.314 e. The van der Waals surface area contributed by atoms with Crippen LogP contribution in [0.2, 0.25) is 0 Å². The Labute approximate surface area is 98.9 Å². The molecule has 0 aliphatic rings. The minimum atomic E-state index is -0.251. The Morgan fingerprint density at radius 3 is 2.62 bits per heavy atom. The van der Waals surface area contributed by atoms with E-state index >= 15 is 0 Å². The van der Waals surface area contributed by atoms with Crippen molar-refractivity contribution in [1.29, 1.82) is 0 Å². The molecule has 1 heterocycles. The van der Waals surface area contributed by atoms with Gasteiger partial charge in [-0.05, 0) is 13.8 Å². The van der Waals surface area contributed by atoms with Crippen molar-refractivity contribution in [2.75, 3.05) is 19.7 Å². The predicted molar refractivity (Wildman–Crippen MR) is 63.8 cm³/mol. The van der Waals surface area contributed by atoms with Crippen molar-refractivity contribution in [3.05, 3.63) is 15.6 Å². The van der Waals surface area contributed by atoms with Crippen LogP contribution in [0.5, 0.6) is 0 Å². The van der Waals surface area contributed by atoms with Crippen LogP contribution in [0.1, 0.15) is 15.6 Å². The van der Waals surface area contributed by atoms with Gasteiger partial charge in [-0.1, -0.05) is 0 Å². The fraction of sp³-hybridized carbons (Fsp3) is 0.600. The first-order valence-electron chi connectivity index (χ1n) is 5.19. The van der Waals surface area contributed by atoms with E-state index in [1.54, 1.807) is 11.3 Å².